The van der Waals surface area contributed by atoms with Crippen LogP contribution in [0, 0.1) is 11.2 Å². The van der Waals surface area contributed by atoms with Gasteiger partial charge in [0, 0.05) is 6.54 Å². The van der Waals surface area contributed by atoms with Gasteiger partial charge in [-0.25, -0.2) is 9.37 Å². The third kappa shape index (κ3) is 3.80. The van der Waals surface area contributed by atoms with Gasteiger partial charge in [-0.2, -0.15) is 0 Å². The predicted molar refractivity (Wildman–Crippen MR) is 72.9 cm³/mol. The van der Waals surface area contributed by atoms with Gasteiger partial charge in [-0.3, -0.25) is 4.79 Å². The van der Waals surface area contributed by atoms with Crippen molar-refractivity contribution in [2.24, 2.45) is 5.41 Å². The molecular formula is C11H16Cl2FN3O. The smallest absolute Gasteiger partial charge is 0.232 e. The van der Waals surface area contributed by atoms with Gasteiger partial charge in [0.05, 0.1) is 11.6 Å². The number of carbonyl (C=O) groups excluding carboxylic acids is 1. The van der Waals surface area contributed by atoms with E-state index in [1.807, 2.05) is 6.92 Å². The molecule has 2 heterocycles. The Labute approximate surface area is 118 Å². The van der Waals surface area contributed by atoms with Crippen LogP contribution in [0.2, 0.25) is 0 Å². The molecule has 0 saturated carbocycles. The Balaban J connectivity index is 0.00000144. The number of pyridine rings is 1. The van der Waals surface area contributed by atoms with Crippen molar-refractivity contribution in [3.05, 3.63) is 24.1 Å². The van der Waals surface area contributed by atoms with E-state index in [1.54, 1.807) is 0 Å². The van der Waals surface area contributed by atoms with Crippen LogP contribution in [0.4, 0.5) is 10.2 Å². The molecule has 1 fully saturated rings. The predicted octanol–water partition coefficient (Wildman–Crippen LogP) is 2.00. The van der Waals surface area contributed by atoms with E-state index in [-0.39, 0.29) is 30.7 Å². The van der Waals surface area contributed by atoms with Crippen molar-refractivity contribution in [3.8, 4) is 0 Å². The fraction of sp³-hybridized carbons (Fsp3) is 0.455. The third-order valence-electron chi connectivity index (χ3n) is 2.89. The standard InChI is InChI=1S/C11H14FN3O.2ClH/c1-11(4-5-13-7-11)10(16)15-9-3-2-8(12)6-14-9;;/h2-3,6,13H,4-5,7H2,1H3,(H,14,15,16);2*1H. The van der Waals surface area contributed by atoms with E-state index in [4.69, 9.17) is 0 Å². The molecule has 1 unspecified atom stereocenters. The van der Waals surface area contributed by atoms with Gasteiger partial charge in [-0.1, -0.05) is 0 Å². The molecule has 0 spiro atoms. The number of nitrogens with one attached hydrogen (secondary N) is 2. The molecule has 1 aromatic rings. The van der Waals surface area contributed by atoms with Crippen LogP contribution in [0.1, 0.15) is 13.3 Å². The highest BCUT2D eigenvalue weighted by molar-refractivity contribution is 5.94. The maximum atomic E-state index is 12.6. The Morgan fingerprint density at radius 2 is 2.22 bits per heavy atom. The van der Waals surface area contributed by atoms with Gasteiger partial charge in [0.2, 0.25) is 5.91 Å². The van der Waals surface area contributed by atoms with Crippen molar-refractivity contribution < 1.29 is 9.18 Å². The lowest BCUT2D eigenvalue weighted by molar-refractivity contribution is -0.123. The van der Waals surface area contributed by atoms with E-state index in [1.165, 1.54) is 12.1 Å². The van der Waals surface area contributed by atoms with Crippen LogP contribution in [-0.4, -0.2) is 24.0 Å². The van der Waals surface area contributed by atoms with Gasteiger partial charge in [0.25, 0.3) is 0 Å². The molecule has 18 heavy (non-hydrogen) atoms. The molecule has 1 amide bonds. The highest BCUT2D eigenvalue weighted by Gasteiger charge is 2.36. The van der Waals surface area contributed by atoms with Crippen molar-refractivity contribution >= 4 is 36.5 Å². The van der Waals surface area contributed by atoms with Gasteiger partial charge < -0.3 is 10.6 Å². The number of amides is 1. The zero-order valence-corrected chi connectivity index (χ0v) is 11.5. The number of halogens is 3. The molecule has 1 aromatic heterocycles. The molecule has 0 aromatic carbocycles. The monoisotopic (exact) mass is 295 g/mol. The molecule has 1 saturated heterocycles. The maximum Gasteiger partial charge on any atom is 0.232 e. The molecule has 2 rings (SSSR count). The summed E-state index contributed by atoms with van der Waals surface area (Å²) in [4.78, 5) is 15.7. The first-order valence-electron chi connectivity index (χ1n) is 5.24. The molecule has 0 bridgehead atoms. The second-order valence-corrected chi connectivity index (χ2v) is 4.30. The van der Waals surface area contributed by atoms with Crippen molar-refractivity contribution in [2.75, 3.05) is 18.4 Å². The van der Waals surface area contributed by atoms with Crippen molar-refractivity contribution in [2.45, 2.75) is 13.3 Å². The zero-order chi connectivity index (χ0) is 11.6. The fourth-order valence-electron chi connectivity index (χ4n) is 1.73. The van der Waals surface area contributed by atoms with Crippen LogP contribution in [-0.2, 0) is 4.79 Å². The Morgan fingerprint density at radius 3 is 2.72 bits per heavy atom. The molecule has 1 atom stereocenters. The Morgan fingerprint density at radius 1 is 1.50 bits per heavy atom. The summed E-state index contributed by atoms with van der Waals surface area (Å²) in [7, 11) is 0. The first-order chi connectivity index (χ1) is 7.60. The summed E-state index contributed by atoms with van der Waals surface area (Å²) < 4.78 is 12.6. The van der Waals surface area contributed by atoms with Crippen LogP contribution in [0.5, 0.6) is 0 Å². The van der Waals surface area contributed by atoms with Crippen molar-refractivity contribution in [1.82, 2.24) is 10.3 Å². The van der Waals surface area contributed by atoms with Crippen LogP contribution in [0.15, 0.2) is 18.3 Å². The van der Waals surface area contributed by atoms with Gasteiger partial charge in [-0.05, 0) is 32.0 Å². The van der Waals surface area contributed by atoms with E-state index in [9.17, 15) is 9.18 Å². The van der Waals surface area contributed by atoms with Gasteiger partial charge >= 0.3 is 0 Å². The van der Waals surface area contributed by atoms with E-state index >= 15 is 0 Å². The molecule has 4 nitrogen and oxygen atoms in total. The summed E-state index contributed by atoms with van der Waals surface area (Å²) in [6.45, 7) is 3.42. The van der Waals surface area contributed by atoms with Gasteiger partial charge in [0.15, 0.2) is 0 Å². The number of anilines is 1. The summed E-state index contributed by atoms with van der Waals surface area (Å²) in [5.41, 5.74) is -0.393. The van der Waals surface area contributed by atoms with Crippen LogP contribution in [0.3, 0.4) is 0 Å². The highest BCUT2D eigenvalue weighted by atomic mass is 35.5. The number of carbonyl (C=O) groups is 1. The number of hydrogen-bond donors (Lipinski definition) is 2. The molecule has 1 aliphatic rings. The third-order valence-corrected chi connectivity index (χ3v) is 2.89. The minimum atomic E-state index is -0.410. The minimum absolute atomic E-state index is 0. The lowest BCUT2D eigenvalue weighted by Crippen LogP contribution is -2.35. The molecule has 0 radical (unpaired) electrons. The van der Waals surface area contributed by atoms with E-state index in [0.717, 1.165) is 19.2 Å². The molecule has 2 N–H and O–H groups in total. The summed E-state index contributed by atoms with van der Waals surface area (Å²) in [5, 5.41) is 5.84. The topological polar surface area (TPSA) is 54.0 Å². The molecular weight excluding hydrogens is 280 g/mol. The molecule has 7 heteroatoms. The highest BCUT2D eigenvalue weighted by Crippen LogP contribution is 2.25. The number of aromatic nitrogens is 1. The van der Waals surface area contributed by atoms with Gasteiger partial charge in [-0.15, -0.1) is 24.8 Å². The minimum Gasteiger partial charge on any atom is -0.316 e. The average Bonchev–Trinajstić information content (AvgIpc) is 2.70. The average molecular weight is 296 g/mol. The summed E-state index contributed by atoms with van der Waals surface area (Å²) >= 11 is 0. The second kappa shape index (κ2) is 6.87. The first kappa shape index (κ1) is 17.1. The maximum absolute atomic E-state index is 12.6. The van der Waals surface area contributed by atoms with E-state index < -0.39 is 11.2 Å². The summed E-state index contributed by atoms with van der Waals surface area (Å²) in [5.74, 6) is -0.0946. The molecule has 1 aliphatic heterocycles. The quantitative estimate of drug-likeness (QED) is 0.877. The van der Waals surface area contributed by atoms with Crippen molar-refractivity contribution in [1.29, 1.82) is 0 Å². The first-order valence-corrected chi connectivity index (χ1v) is 5.24. The van der Waals surface area contributed by atoms with Crippen LogP contribution in [0.25, 0.3) is 0 Å². The SMILES string of the molecule is CC1(C(=O)Nc2ccc(F)cn2)CCNC1.Cl.Cl. The normalized spacial score (nSPS) is 21.7. The number of rotatable bonds is 2. The molecule has 102 valence electrons. The van der Waals surface area contributed by atoms with Crippen LogP contribution < -0.4 is 10.6 Å². The fourth-order valence-corrected chi connectivity index (χ4v) is 1.73. The van der Waals surface area contributed by atoms with Gasteiger partial charge in [0.1, 0.15) is 11.6 Å². The molecule has 0 aliphatic carbocycles. The van der Waals surface area contributed by atoms with Crippen LogP contribution >= 0.6 is 24.8 Å². The zero-order valence-electron chi connectivity index (χ0n) is 9.90. The van der Waals surface area contributed by atoms with Crippen molar-refractivity contribution in [3.63, 3.8) is 0 Å². The number of hydrogen-bond acceptors (Lipinski definition) is 3. The largest absolute Gasteiger partial charge is 0.316 e. The lowest BCUT2D eigenvalue weighted by atomic mass is 9.89. The number of nitrogens with zero attached hydrogens (tertiary/aromatic N) is 1. The Kier molecular flexibility index (Phi) is 6.52. The Hall–Kier alpha value is -0.910. The summed E-state index contributed by atoms with van der Waals surface area (Å²) in [6.07, 6.45) is 1.89. The summed E-state index contributed by atoms with van der Waals surface area (Å²) in [6, 6.07) is 2.73. The Bertz CT molecular complexity index is 394. The van der Waals surface area contributed by atoms with E-state index in [2.05, 4.69) is 15.6 Å². The second-order valence-electron chi connectivity index (χ2n) is 4.30. The lowest BCUT2D eigenvalue weighted by Gasteiger charge is -2.20. The van der Waals surface area contributed by atoms with E-state index in [0.29, 0.717) is 12.4 Å².